The smallest absolute Gasteiger partial charge is 0.336 e. The van der Waals surface area contributed by atoms with E-state index in [4.69, 9.17) is 9.47 Å². The summed E-state index contributed by atoms with van der Waals surface area (Å²) >= 11 is 0. The van der Waals surface area contributed by atoms with Gasteiger partial charge < -0.3 is 9.47 Å². The monoisotopic (exact) mass is 419 g/mol. The van der Waals surface area contributed by atoms with Crippen LogP contribution in [0, 0.1) is 15.9 Å². The van der Waals surface area contributed by atoms with E-state index in [1.165, 1.54) is 48.6 Å². The van der Waals surface area contributed by atoms with Crippen LogP contribution in [0.5, 0.6) is 11.5 Å². The van der Waals surface area contributed by atoms with E-state index in [9.17, 15) is 19.3 Å². The molecule has 156 valence electrons. The average Bonchev–Trinajstić information content (AvgIpc) is 2.77. The predicted octanol–water partition coefficient (Wildman–Crippen LogP) is 5.34. The number of rotatable bonds is 7. The van der Waals surface area contributed by atoms with Crippen molar-refractivity contribution in [2.45, 2.75) is 0 Å². The zero-order valence-corrected chi connectivity index (χ0v) is 16.5. The van der Waals surface area contributed by atoms with Gasteiger partial charge in [-0.3, -0.25) is 10.1 Å². The van der Waals surface area contributed by atoms with Gasteiger partial charge in [0.25, 0.3) is 5.69 Å². The van der Waals surface area contributed by atoms with Gasteiger partial charge in [0.05, 0.1) is 12.0 Å². The van der Waals surface area contributed by atoms with Crippen molar-refractivity contribution < 1.29 is 23.6 Å². The van der Waals surface area contributed by atoms with E-state index in [0.717, 1.165) is 5.56 Å². The lowest BCUT2D eigenvalue weighted by Gasteiger charge is -2.10. The number of nitro groups is 1. The number of hydrogen-bond acceptors (Lipinski definition) is 5. The van der Waals surface area contributed by atoms with Crippen LogP contribution in [0.25, 0.3) is 5.57 Å². The summed E-state index contributed by atoms with van der Waals surface area (Å²) in [6, 6.07) is 18.6. The third kappa shape index (κ3) is 5.86. The molecular formula is C24H18FNO5. The highest BCUT2D eigenvalue weighted by atomic mass is 19.1. The Kier molecular flexibility index (Phi) is 6.90. The third-order valence-corrected chi connectivity index (χ3v) is 4.28. The van der Waals surface area contributed by atoms with Crippen LogP contribution in [0.4, 0.5) is 10.1 Å². The highest BCUT2D eigenvalue weighted by Crippen LogP contribution is 2.27. The molecule has 0 aliphatic carbocycles. The van der Waals surface area contributed by atoms with E-state index in [2.05, 4.69) is 0 Å². The minimum Gasteiger partial charge on any atom is -0.497 e. The van der Waals surface area contributed by atoms with Gasteiger partial charge in [0.15, 0.2) is 0 Å². The Labute approximate surface area is 178 Å². The lowest BCUT2D eigenvalue weighted by molar-refractivity contribution is -0.384. The van der Waals surface area contributed by atoms with Crippen LogP contribution in [-0.2, 0) is 4.79 Å². The summed E-state index contributed by atoms with van der Waals surface area (Å²) in [6.07, 6.45) is 4.37. The first-order valence-corrected chi connectivity index (χ1v) is 9.21. The van der Waals surface area contributed by atoms with Gasteiger partial charge in [-0.15, -0.1) is 0 Å². The highest BCUT2D eigenvalue weighted by molar-refractivity contribution is 5.86. The molecule has 31 heavy (non-hydrogen) atoms. The molecule has 0 radical (unpaired) electrons. The Hall–Kier alpha value is -4.26. The molecule has 0 spiro atoms. The summed E-state index contributed by atoms with van der Waals surface area (Å²) in [5.74, 6) is -0.217. The fourth-order valence-electron chi connectivity index (χ4n) is 2.81. The minimum atomic E-state index is -0.658. The van der Waals surface area contributed by atoms with Crippen LogP contribution < -0.4 is 9.47 Å². The van der Waals surface area contributed by atoms with E-state index >= 15 is 0 Å². The molecule has 0 atom stereocenters. The van der Waals surface area contributed by atoms with Crippen LogP contribution in [-0.4, -0.2) is 18.0 Å². The van der Waals surface area contributed by atoms with Gasteiger partial charge in [0.2, 0.25) is 0 Å². The Balaban J connectivity index is 1.83. The molecule has 3 aromatic carbocycles. The summed E-state index contributed by atoms with van der Waals surface area (Å²) in [5.41, 5.74) is 1.98. The summed E-state index contributed by atoms with van der Waals surface area (Å²) in [7, 11) is 1.55. The molecule has 0 aliphatic rings. The van der Waals surface area contributed by atoms with Crippen molar-refractivity contribution in [1.29, 1.82) is 0 Å². The van der Waals surface area contributed by atoms with Gasteiger partial charge in [-0.2, -0.15) is 0 Å². The summed E-state index contributed by atoms with van der Waals surface area (Å²) in [4.78, 5) is 22.2. The van der Waals surface area contributed by atoms with Crippen molar-refractivity contribution in [3.05, 3.63) is 118 Å². The largest absolute Gasteiger partial charge is 0.497 e. The van der Waals surface area contributed by atoms with Gasteiger partial charge in [-0.1, -0.05) is 36.4 Å². The van der Waals surface area contributed by atoms with Crippen molar-refractivity contribution in [2.75, 3.05) is 7.11 Å². The van der Waals surface area contributed by atoms with Crippen molar-refractivity contribution >= 4 is 17.2 Å². The maximum absolute atomic E-state index is 13.8. The van der Waals surface area contributed by atoms with Gasteiger partial charge in [-0.05, 0) is 53.1 Å². The molecule has 0 unspecified atom stereocenters. The first kappa shape index (κ1) is 21.4. The van der Waals surface area contributed by atoms with Gasteiger partial charge >= 0.3 is 5.97 Å². The number of allylic oxidation sites excluding steroid dienone is 2. The minimum absolute atomic E-state index is 0.101. The topological polar surface area (TPSA) is 78.7 Å². The van der Waals surface area contributed by atoms with E-state index in [-0.39, 0.29) is 17.3 Å². The number of nitrogens with zero attached hydrogens (tertiary/aromatic N) is 1. The van der Waals surface area contributed by atoms with Crippen LogP contribution in [0.2, 0.25) is 0 Å². The number of non-ortho nitro benzene ring substituents is 1. The molecule has 0 N–H and O–H groups in total. The van der Waals surface area contributed by atoms with Gasteiger partial charge in [-0.25, -0.2) is 9.18 Å². The first-order chi connectivity index (χ1) is 15.0. The number of nitro benzene ring substituents is 1. The number of esters is 1. The number of hydrogen-bond donors (Lipinski definition) is 0. The first-order valence-electron chi connectivity index (χ1n) is 9.21. The fraction of sp³-hybridized carbons (Fsp3) is 0.0417. The maximum Gasteiger partial charge on any atom is 0.336 e. The van der Waals surface area contributed by atoms with Crippen LogP contribution >= 0.6 is 0 Å². The highest BCUT2D eigenvalue weighted by Gasteiger charge is 2.08. The Morgan fingerprint density at radius 2 is 1.65 bits per heavy atom. The molecule has 0 saturated carbocycles. The second-order valence-electron chi connectivity index (χ2n) is 6.35. The molecule has 0 saturated heterocycles. The molecule has 3 aromatic rings. The molecule has 0 amide bonds. The van der Waals surface area contributed by atoms with Gasteiger partial charge in [0, 0.05) is 18.2 Å². The fourth-order valence-corrected chi connectivity index (χ4v) is 2.81. The van der Waals surface area contributed by atoms with Crippen molar-refractivity contribution in [2.24, 2.45) is 0 Å². The van der Waals surface area contributed by atoms with Crippen LogP contribution in [0.3, 0.4) is 0 Å². The number of methoxy groups -OCH3 is 1. The van der Waals surface area contributed by atoms with Gasteiger partial charge in [0.1, 0.15) is 17.3 Å². The van der Waals surface area contributed by atoms with Crippen LogP contribution in [0.15, 0.2) is 91.0 Å². The predicted molar refractivity (Wildman–Crippen MR) is 114 cm³/mol. The molecule has 0 heterocycles. The maximum atomic E-state index is 13.8. The molecule has 0 aromatic heterocycles. The number of benzene rings is 3. The molecule has 0 bridgehead atoms. The SMILES string of the molecule is COc1cccc(C(=CC=CC(=O)Oc2ccc([N+](=O)[O-])cc2)c2cccc(F)c2)c1. The van der Waals surface area contributed by atoms with Crippen molar-refractivity contribution in [3.8, 4) is 11.5 Å². The van der Waals surface area contributed by atoms with Crippen molar-refractivity contribution in [3.63, 3.8) is 0 Å². The molecule has 3 rings (SSSR count). The van der Waals surface area contributed by atoms with Crippen LogP contribution in [0.1, 0.15) is 11.1 Å². The second kappa shape index (κ2) is 9.98. The molecule has 0 fully saturated rings. The number of halogens is 1. The molecule has 0 aliphatic heterocycles. The zero-order chi connectivity index (χ0) is 22.2. The lowest BCUT2D eigenvalue weighted by atomic mass is 9.97. The standard InChI is InChI=1S/C24H18FNO5/c1-30-22-8-3-6-18(16-22)23(17-5-2-7-19(25)15-17)9-4-10-24(27)31-21-13-11-20(12-14-21)26(28)29/h2-16H,1H3. The molecule has 7 heteroatoms. The van der Waals surface area contributed by atoms with E-state index in [1.807, 2.05) is 12.1 Å². The number of carbonyl (C=O) groups excluding carboxylic acids is 1. The summed E-state index contributed by atoms with van der Waals surface area (Å²) in [6.45, 7) is 0. The Morgan fingerprint density at radius 3 is 2.29 bits per heavy atom. The number of carbonyl (C=O) groups is 1. The van der Waals surface area contributed by atoms with Crippen molar-refractivity contribution in [1.82, 2.24) is 0 Å². The second-order valence-corrected chi connectivity index (χ2v) is 6.35. The number of ether oxygens (including phenoxy) is 2. The quantitative estimate of drug-likeness (QED) is 0.129. The molecular weight excluding hydrogens is 401 g/mol. The third-order valence-electron chi connectivity index (χ3n) is 4.28. The van der Waals surface area contributed by atoms with E-state index in [1.54, 1.807) is 37.5 Å². The van der Waals surface area contributed by atoms with E-state index < -0.39 is 10.9 Å². The zero-order valence-electron chi connectivity index (χ0n) is 16.5. The Morgan fingerprint density at radius 1 is 0.968 bits per heavy atom. The molecule has 6 nitrogen and oxygen atoms in total. The average molecular weight is 419 g/mol. The summed E-state index contributed by atoms with van der Waals surface area (Å²) in [5, 5.41) is 10.7. The van der Waals surface area contributed by atoms with E-state index in [0.29, 0.717) is 16.9 Å². The Bertz CT molecular complexity index is 1150. The normalized spacial score (nSPS) is 11.4. The lowest BCUT2D eigenvalue weighted by Crippen LogP contribution is -2.03. The summed E-state index contributed by atoms with van der Waals surface area (Å²) < 4.78 is 24.2.